The van der Waals surface area contributed by atoms with E-state index >= 15 is 0 Å². The van der Waals surface area contributed by atoms with Crippen molar-refractivity contribution in [1.82, 2.24) is 0 Å². The first-order chi connectivity index (χ1) is 5.74. The SMILES string of the molecule is CCC(=O)O[C@@H]1CCCC[C@@H]1O. The molecule has 1 N–H and O–H groups in total. The summed E-state index contributed by atoms with van der Waals surface area (Å²) in [6.45, 7) is 1.76. The van der Waals surface area contributed by atoms with E-state index in [0.717, 1.165) is 25.7 Å². The third-order valence-corrected chi connectivity index (χ3v) is 2.24. The molecule has 1 aliphatic rings. The van der Waals surface area contributed by atoms with Crippen LogP contribution in [0.5, 0.6) is 0 Å². The zero-order valence-electron chi connectivity index (χ0n) is 7.45. The highest BCUT2D eigenvalue weighted by molar-refractivity contribution is 5.69. The Labute approximate surface area is 72.7 Å². The van der Waals surface area contributed by atoms with Crippen molar-refractivity contribution in [2.45, 2.75) is 51.2 Å². The quantitative estimate of drug-likeness (QED) is 0.637. The summed E-state index contributed by atoms with van der Waals surface area (Å²) >= 11 is 0. The van der Waals surface area contributed by atoms with Crippen molar-refractivity contribution in [2.24, 2.45) is 0 Å². The summed E-state index contributed by atoms with van der Waals surface area (Å²) in [6, 6.07) is 0. The van der Waals surface area contributed by atoms with Crippen LogP contribution in [0.1, 0.15) is 39.0 Å². The average Bonchev–Trinajstić information content (AvgIpc) is 2.09. The number of hydrogen-bond acceptors (Lipinski definition) is 3. The normalized spacial score (nSPS) is 29.8. The van der Waals surface area contributed by atoms with Crippen LogP contribution in [0.15, 0.2) is 0 Å². The van der Waals surface area contributed by atoms with Crippen LogP contribution in [0.4, 0.5) is 0 Å². The predicted molar refractivity (Wildman–Crippen MR) is 44.6 cm³/mol. The Morgan fingerprint density at radius 2 is 2.17 bits per heavy atom. The van der Waals surface area contributed by atoms with E-state index in [-0.39, 0.29) is 12.1 Å². The fourth-order valence-corrected chi connectivity index (χ4v) is 1.47. The smallest absolute Gasteiger partial charge is 0.305 e. The highest BCUT2D eigenvalue weighted by Gasteiger charge is 2.25. The third-order valence-electron chi connectivity index (χ3n) is 2.24. The van der Waals surface area contributed by atoms with Crippen LogP contribution in [-0.4, -0.2) is 23.3 Å². The summed E-state index contributed by atoms with van der Waals surface area (Å²) < 4.78 is 5.06. The van der Waals surface area contributed by atoms with Crippen molar-refractivity contribution in [3.05, 3.63) is 0 Å². The number of carbonyl (C=O) groups excluding carboxylic acids is 1. The van der Waals surface area contributed by atoms with Gasteiger partial charge in [0.1, 0.15) is 6.10 Å². The highest BCUT2D eigenvalue weighted by atomic mass is 16.6. The monoisotopic (exact) mass is 172 g/mol. The van der Waals surface area contributed by atoms with Gasteiger partial charge in [0.25, 0.3) is 0 Å². The van der Waals surface area contributed by atoms with Gasteiger partial charge in [0.15, 0.2) is 0 Å². The molecule has 0 unspecified atom stereocenters. The lowest BCUT2D eigenvalue weighted by atomic mass is 9.95. The Bertz CT molecular complexity index is 156. The van der Waals surface area contributed by atoms with Crippen molar-refractivity contribution >= 4 is 5.97 Å². The Kier molecular flexibility index (Phi) is 3.53. The Morgan fingerprint density at radius 3 is 2.75 bits per heavy atom. The molecule has 0 aliphatic heterocycles. The van der Waals surface area contributed by atoms with Crippen LogP contribution in [0, 0.1) is 0 Å². The number of aliphatic hydroxyl groups excluding tert-OH is 1. The molecule has 12 heavy (non-hydrogen) atoms. The summed E-state index contributed by atoms with van der Waals surface area (Å²) in [7, 11) is 0. The molecule has 0 aromatic heterocycles. The second-order valence-corrected chi connectivity index (χ2v) is 3.23. The number of carbonyl (C=O) groups is 1. The second kappa shape index (κ2) is 4.45. The summed E-state index contributed by atoms with van der Waals surface area (Å²) in [5.41, 5.74) is 0. The molecular formula is C9H16O3. The number of aliphatic hydroxyl groups is 1. The molecule has 0 bridgehead atoms. The summed E-state index contributed by atoms with van der Waals surface area (Å²) in [6.07, 6.45) is 3.39. The molecule has 0 heterocycles. The van der Waals surface area contributed by atoms with E-state index in [1.54, 1.807) is 6.92 Å². The maximum Gasteiger partial charge on any atom is 0.305 e. The standard InChI is InChI=1S/C9H16O3/c1-2-9(11)12-8-6-4-3-5-7(8)10/h7-8,10H,2-6H2,1H3/t7-,8+/m0/s1. The maximum atomic E-state index is 10.9. The minimum Gasteiger partial charge on any atom is -0.460 e. The van der Waals surface area contributed by atoms with E-state index in [1.807, 2.05) is 0 Å². The molecule has 2 atom stereocenters. The number of ether oxygens (including phenoxy) is 1. The van der Waals surface area contributed by atoms with Crippen molar-refractivity contribution in [1.29, 1.82) is 0 Å². The Balaban J connectivity index is 2.33. The molecule has 70 valence electrons. The van der Waals surface area contributed by atoms with E-state index in [1.165, 1.54) is 0 Å². The Hall–Kier alpha value is -0.570. The third kappa shape index (κ3) is 2.48. The first-order valence-electron chi connectivity index (χ1n) is 4.61. The van der Waals surface area contributed by atoms with Crippen molar-refractivity contribution in [3.8, 4) is 0 Å². The molecule has 1 saturated carbocycles. The van der Waals surface area contributed by atoms with Gasteiger partial charge >= 0.3 is 5.97 Å². The topological polar surface area (TPSA) is 46.5 Å². The lowest BCUT2D eigenvalue weighted by Gasteiger charge is -2.26. The number of hydrogen-bond donors (Lipinski definition) is 1. The van der Waals surface area contributed by atoms with Gasteiger partial charge in [-0.1, -0.05) is 13.3 Å². The van der Waals surface area contributed by atoms with E-state index in [2.05, 4.69) is 0 Å². The van der Waals surface area contributed by atoms with Crippen LogP contribution in [0.2, 0.25) is 0 Å². The van der Waals surface area contributed by atoms with E-state index in [4.69, 9.17) is 4.74 Å². The van der Waals surface area contributed by atoms with Gasteiger partial charge in [-0.2, -0.15) is 0 Å². The molecule has 1 aliphatic carbocycles. The van der Waals surface area contributed by atoms with Gasteiger partial charge in [-0.25, -0.2) is 0 Å². The molecule has 0 aromatic carbocycles. The highest BCUT2D eigenvalue weighted by Crippen LogP contribution is 2.21. The van der Waals surface area contributed by atoms with Crippen molar-refractivity contribution < 1.29 is 14.6 Å². The second-order valence-electron chi connectivity index (χ2n) is 3.23. The molecule has 0 amide bonds. The van der Waals surface area contributed by atoms with Gasteiger partial charge in [0.2, 0.25) is 0 Å². The van der Waals surface area contributed by atoms with Gasteiger partial charge in [-0.15, -0.1) is 0 Å². The van der Waals surface area contributed by atoms with Crippen molar-refractivity contribution in [3.63, 3.8) is 0 Å². The zero-order valence-corrected chi connectivity index (χ0v) is 7.45. The lowest BCUT2D eigenvalue weighted by Crippen LogP contribution is -2.33. The van der Waals surface area contributed by atoms with Gasteiger partial charge < -0.3 is 9.84 Å². The van der Waals surface area contributed by atoms with Crippen LogP contribution < -0.4 is 0 Å². The van der Waals surface area contributed by atoms with E-state index < -0.39 is 6.10 Å². The number of rotatable bonds is 2. The fraction of sp³-hybridized carbons (Fsp3) is 0.889. The molecule has 0 aromatic rings. The summed E-state index contributed by atoms with van der Waals surface area (Å²) in [5.74, 6) is -0.207. The maximum absolute atomic E-state index is 10.9. The zero-order chi connectivity index (χ0) is 8.97. The largest absolute Gasteiger partial charge is 0.460 e. The van der Waals surface area contributed by atoms with Gasteiger partial charge in [-0.05, 0) is 19.3 Å². The first-order valence-corrected chi connectivity index (χ1v) is 4.61. The minimum atomic E-state index is -0.436. The summed E-state index contributed by atoms with van der Waals surface area (Å²) in [5, 5.41) is 9.44. The predicted octanol–water partition coefficient (Wildman–Crippen LogP) is 1.24. The molecule has 1 fully saturated rings. The molecule has 0 spiro atoms. The van der Waals surface area contributed by atoms with Gasteiger partial charge in [0.05, 0.1) is 6.10 Å². The molecule has 3 heteroatoms. The molecule has 1 rings (SSSR count). The van der Waals surface area contributed by atoms with Crippen LogP contribution in [-0.2, 0) is 9.53 Å². The van der Waals surface area contributed by atoms with Gasteiger partial charge in [0, 0.05) is 6.42 Å². The fourth-order valence-electron chi connectivity index (χ4n) is 1.47. The number of esters is 1. The minimum absolute atomic E-state index is 0.207. The average molecular weight is 172 g/mol. The van der Waals surface area contributed by atoms with Crippen LogP contribution in [0.3, 0.4) is 0 Å². The van der Waals surface area contributed by atoms with Crippen LogP contribution in [0.25, 0.3) is 0 Å². The molecule has 0 radical (unpaired) electrons. The first kappa shape index (κ1) is 9.52. The molecule has 3 nitrogen and oxygen atoms in total. The Morgan fingerprint density at radius 1 is 1.50 bits per heavy atom. The van der Waals surface area contributed by atoms with Crippen molar-refractivity contribution in [2.75, 3.05) is 0 Å². The van der Waals surface area contributed by atoms with Gasteiger partial charge in [-0.3, -0.25) is 4.79 Å². The van der Waals surface area contributed by atoms with E-state index in [0.29, 0.717) is 6.42 Å². The molecular weight excluding hydrogens is 156 g/mol. The molecule has 0 saturated heterocycles. The van der Waals surface area contributed by atoms with E-state index in [9.17, 15) is 9.90 Å². The lowest BCUT2D eigenvalue weighted by molar-refractivity contribution is -0.157. The summed E-state index contributed by atoms with van der Waals surface area (Å²) in [4.78, 5) is 10.9. The van der Waals surface area contributed by atoms with Crippen LogP contribution >= 0.6 is 0 Å².